The van der Waals surface area contributed by atoms with Crippen LogP contribution in [-0.2, 0) is 14.2 Å². The molecule has 3 amide bonds. The van der Waals surface area contributed by atoms with E-state index in [0.717, 1.165) is 38.5 Å². The van der Waals surface area contributed by atoms with Gasteiger partial charge in [0.2, 0.25) is 0 Å². The Labute approximate surface area is 320 Å². The zero-order valence-corrected chi connectivity index (χ0v) is 34.1. The molecule has 0 atom stereocenters. The van der Waals surface area contributed by atoms with E-state index >= 15 is 0 Å². The highest BCUT2D eigenvalue weighted by Crippen LogP contribution is 2.37. The summed E-state index contributed by atoms with van der Waals surface area (Å²) in [4.78, 5) is 41.4. The molecular weight excluding hydrogens is 678 g/mol. The molecule has 0 bridgehead atoms. The lowest BCUT2D eigenvalue weighted by Gasteiger charge is -2.38. The molecule has 0 aromatic carbocycles. The number of amides is 3. The maximum absolute atomic E-state index is 12.2. The molecule has 3 aliphatic heterocycles. The number of likely N-dealkylation sites (tertiary alicyclic amines) is 3. The third-order valence-electron chi connectivity index (χ3n) is 12.8. The van der Waals surface area contributed by atoms with Crippen LogP contribution in [0.2, 0.25) is 0 Å². The van der Waals surface area contributed by atoms with Crippen LogP contribution in [0.4, 0.5) is 14.4 Å². The number of nitrogens with zero attached hydrogens (tertiary/aromatic N) is 3. The quantitative estimate of drug-likeness (QED) is 0.211. The molecule has 0 radical (unpaired) electrons. The van der Waals surface area contributed by atoms with Crippen molar-refractivity contribution in [3.05, 3.63) is 0 Å². The van der Waals surface area contributed by atoms with Crippen molar-refractivity contribution < 1.29 is 43.9 Å². The second-order valence-electron chi connectivity index (χ2n) is 16.7. The predicted molar refractivity (Wildman–Crippen MR) is 206 cm³/mol. The molecule has 5 rings (SSSR count). The number of carbonyl (C=O) groups is 3. The predicted octanol–water partition coefficient (Wildman–Crippen LogP) is 7.79. The Morgan fingerprint density at radius 1 is 0.566 bits per heavy atom. The van der Waals surface area contributed by atoms with Crippen LogP contribution in [0.25, 0.3) is 0 Å². The van der Waals surface area contributed by atoms with Gasteiger partial charge in [0.15, 0.2) is 0 Å². The first-order chi connectivity index (χ1) is 25.2. The fourth-order valence-electron chi connectivity index (χ4n) is 8.33. The Morgan fingerprint density at radius 3 is 1.32 bits per heavy atom. The van der Waals surface area contributed by atoms with Crippen LogP contribution >= 0.6 is 0 Å². The van der Waals surface area contributed by atoms with E-state index in [2.05, 4.69) is 27.7 Å². The van der Waals surface area contributed by atoms with Crippen LogP contribution < -0.4 is 0 Å². The van der Waals surface area contributed by atoms with Gasteiger partial charge in [0.25, 0.3) is 0 Å². The molecule has 2 saturated carbocycles. The largest absolute Gasteiger partial charge is 0.443 e. The lowest BCUT2D eigenvalue weighted by molar-refractivity contribution is -0.0405. The van der Waals surface area contributed by atoms with Crippen molar-refractivity contribution >= 4 is 18.3 Å². The molecule has 3 N–H and O–H groups in total. The van der Waals surface area contributed by atoms with Gasteiger partial charge in [-0.2, -0.15) is 0 Å². The maximum atomic E-state index is 12.2. The second kappa shape index (κ2) is 21.7. The Kier molecular flexibility index (Phi) is 18.5. The molecular formula is C41H75N3O9. The highest BCUT2D eigenvalue weighted by atomic mass is 16.6. The summed E-state index contributed by atoms with van der Waals surface area (Å²) in [6.07, 6.45) is 16.6. The smallest absolute Gasteiger partial charge is 0.410 e. The number of hydrogen-bond acceptors (Lipinski definition) is 9. The maximum Gasteiger partial charge on any atom is 0.410 e. The highest BCUT2D eigenvalue weighted by Gasteiger charge is 2.38. The van der Waals surface area contributed by atoms with E-state index < -0.39 is 0 Å². The van der Waals surface area contributed by atoms with E-state index in [0.29, 0.717) is 83.7 Å². The van der Waals surface area contributed by atoms with Gasteiger partial charge in [0.1, 0.15) is 16.8 Å². The lowest BCUT2D eigenvalue weighted by Crippen LogP contribution is -2.46. The zero-order chi connectivity index (χ0) is 39.1. The molecule has 0 unspecified atom stereocenters. The van der Waals surface area contributed by atoms with Gasteiger partial charge in [0, 0.05) is 39.3 Å². The summed E-state index contributed by atoms with van der Waals surface area (Å²) in [5.41, 5.74) is -0.881. The van der Waals surface area contributed by atoms with Gasteiger partial charge >= 0.3 is 18.3 Å². The molecule has 12 nitrogen and oxygen atoms in total. The standard InChI is InChI=1S/C15H27NO3.C13H23NO3.C13H25NO3/c1-15(2,12-6-4-3-5-7-12)19-14(18)16-10-8-13(17)9-11-16;1-2-13(7-3-4-8-13)17-12(16)14-9-5-11(15)6-10-14;1-4-13(5-2,6-3)17-12(16)14-9-7-11(15)8-10-14/h12-13,17H,3-11H2,1-2H3;11,15H,2-10H2,1H3;11,15H,4-10H2,1-3H3. The van der Waals surface area contributed by atoms with Crippen LogP contribution in [0.5, 0.6) is 0 Å². The van der Waals surface area contributed by atoms with Crippen molar-refractivity contribution in [1.82, 2.24) is 14.7 Å². The van der Waals surface area contributed by atoms with Gasteiger partial charge in [0.05, 0.1) is 18.3 Å². The summed E-state index contributed by atoms with van der Waals surface area (Å²) in [5.74, 6) is 0.487. The molecule has 0 aromatic heterocycles. The monoisotopic (exact) mass is 754 g/mol. The molecule has 53 heavy (non-hydrogen) atoms. The highest BCUT2D eigenvalue weighted by molar-refractivity contribution is 5.69. The number of carbonyl (C=O) groups excluding carboxylic acids is 3. The van der Waals surface area contributed by atoms with E-state index in [1.807, 2.05) is 13.8 Å². The van der Waals surface area contributed by atoms with E-state index in [1.165, 1.54) is 44.9 Å². The van der Waals surface area contributed by atoms with Crippen molar-refractivity contribution in [1.29, 1.82) is 0 Å². The molecule has 3 heterocycles. The third kappa shape index (κ3) is 14.0. The molecule has 308 valence electrons. The summed E-state index contributed by atoms with van der Waals surface area (Å²) >= 11 is 0. The van der Waals surface area contributed by atoms with Gasteiger partial charge in [-0.1, -0.05) is 47.0 Å². The Bertz CT molecular complexity index is 1030. The van der Waals surface area contributed by atoms with Crippen LogP contribution in [0.3, 0.4) is 0 Å². The number of aliphatic hydroxyl groups is 3. The Morgan fingerprint density at radius 2 is 0.943 bits per heavy atom. The number of aliphatic hydroxyl groups excluding tert-OH is 3. The SMILES string of the molecule is CC(C)(OC(=O)N1CCC(O)CC1)C1CCCCC1.CCC(CC)(CC)OC(=O)N1CCC(O)CC1.CCC1(OC(=O)N2CCC(O)CC2)CCCC1. The van der Waals surface area contributed by atoms with Gasteiger partial charge < -0.3 is 44.2 Å². The zero-order valence-electron chi connectivity index (χ0n) is 34.1. The fourth-order valence-corrected chi connectivity index (χ4v) is 8.33. The normalized spacial score (nSPS) is 22.2. The second-order valence-corrected chi connectivity index (χ2v) is 16.7. The number of rotatable bonds is 8. The average molecular weight is 754 g/mol. The summed E-state index contributed by atoms with van der Waals surface area (Å²) < 4.78 is 17.2. The van der Waals surface area contributed by atoms with Gasteiger partial charge in [-0.25, -0.2) is 14.4 Å². The van der Waals surface area contributed by atoms with Crippen LogP contribution in [0.1, 0.15) is 164 Å². The minimum atomic E-state index is -0.367. The Balaban J connectivity index is 0.000000215. The first-order valence-corrected chi connectivity index (χ1v) is 21.2. The van der Waals surface area contributed by atoms with Crippen molar-refractivity contribution in [3.8, 4) is 0 Å². The molecule has 0 spiro atoms. The molecule has 5 fully saturated rings. The lowest BCUT2D eigenvalue weighted by atomic mass is 9.79. The first-order valence-electron chi connectivity index (χ1n) is 21.2. The molecule has 2 aliphatic carbocycles. The van der Waals surface area contributed by atoms with Crippen molar-refractivity contribution in [2.24, 2.45) is 5.92 Å². The van der Waals surface area contributed by atoms with E-state index in [1.54, 1.807) is 14.7 Å². The van der Waals surface area contributed by atoms with Crippen molar-refractivity contribution in [3.63, 3.8) is 0 Å². The summed E-state index contributed by atoms with van der Waals surface area (Å²) in [6, 6.07) is 0. The molecule has 5 aliphatic rings. The third-order valence-corrected chi connectivity index (χ3v) is 12.8. The first kappa shape index (κ1) is 45.1. The average Bonchev–Trinajstić information content (AvgIpc) is 3.64. The molecule has 3 saturated heterocycles. The van der Waals surface area contributed by atoms with E-state index in [-0.39, 0.29) is 53.4 Å². The van der Waals surface area contributed by atoms with Crippen molar-refractivity contribution in [2.45, 2.75) is 199 Å². The van der Waals surface area contributed by atoms with Crippen LogP contribution in [0, 0.1) is 5.92 Å². The van der Waals surface area contributed by atoms with Gasteiger partial charge in [-0.05, 0) is 122 Å². The topological polar surface area (TPSA) is 149 Å². The van der Waals surface area contributed by atoms with Crippen LogP contribution in [-0.4, -0.2) is 123 Å². The fraction of sp³-hybridized carbons (Fsp3) is 0.927. The van der Waals surface area contributed by atoms with Crippen molar-refractivity contribution in [2.75, 3.05) is 39.3 Å². The van der Waals surface area contributed by atoms with E-state index in [4.69, 9.17) is 14.2 Å². The van der Waals surface area contributed by atoms with Crippen LogP contribution in [0.15, 0.2) is 0 Å². The minimum absolute atomic E-state index is 0.180. The summed E-state index contributed by atoms with van der Waals surface area (Å²) in [6.45, 7) is 16.0. The number of piperidine rings is 3. The van der Waals surface area contributed by atoms with Gasteiger partial charge in [-0.3, -0.25) is 0 Å². The summed E-state index contributed by atoms with van der Waals surface area (Å²) in [5, 5.41) is 28.3. The minimum Gasteiger partial charge on any atom is -0.443 e. The van der Waals surface area contributed by atoms with Gasteiger partial charge in [-0.15, -0.1) is 0 Å². The number of ether oxygens (including phenoxy) is 3. The molecule has 12 heteroatoms. The summed E-state index contributed by atoms with van der Waals surface area (Å²) in [7, 11) is 0. The Hall–Kier alpha value is -2.31. The van der Waals surface area contributed by atoms with E-state index in [9.17, 15) is 29.7 Å². The molecule has 0 aromatic rings. The number of hydrogen-bond donors (Lipinski definition) is 3.